The second-order valence-electron chi connectivity index (χ2n) is 13.9. The topological polar surface area (TPSA) is 304 Å². The summed E-state index contributed by atoms with van der Waals surface area (Å²) in [7, 11) is -2.97. The Labute approximate surface area is 321 Å². The number of aromatic nitrogens is 8. The summed E-state index contributed by atoms with van der Waals surface area (Å²) in [5.74, 6) is -1.01. The number of carbonyl (C=O) groups is 1. The van der Waals surface area contributed by atoms with Gasteiger partial charge < -0.3 is 49.1 Å². The lowest BCUT2D eigenvalue weighted by molar-refractivity contribution is -0.0539. The fourth-order valence-corrected chi connectivity index (χ4v) is 13.2. The quantitative estimate of drug-likeness (QED) is 0.107. The number of H-pyrrole nitrogens is 1. The van der Waals surface area contributed by atoms with E-state index in [0.29, 0.717) is 29.0 Å². The van der Waals surface area contributed by atoms with Gasteiger partial charge in [-0.25, -0.2) is 29.3 Å². The van der Waals surface area contributed by atoms with Gasteiger partial charge in [0.1, 0.15) is 41.9 Å². The number of fused-ring (bicyclic) bond motifs is 4. The van der Waals surface area contributed by atoms with E-state index in [2.05, 4.69) is 29.9 Å². The molecule has 0 amide bonds. The van der Waals surface area contributed by atoms with Crippen molar-refractivity contribution >= 4 is 66.0 Å². The van der Waals surface area contributed by atoms with Crippen molar-refractivity contribution in [1.29, 1.82) is 0 Å². The number of nitrogens with two attached hydrogens (primary N) is 2. The number of aliphatic hydroxyl groups excluding tert-OH is 1. The molecule has 2 aliphatic heterocycles. The Morgan fingerprint density at radius 2 is 1.91 bits per heavy atom. The first-order valence-electron chi connectivity index (χ1n) is 17.5. The predicted molar refractivity (Wildman–Crippen MR) is 195 cm³/mol. The number of methoxy groups -OCH3 is 1. The van der Waals surface area contributed by atoms with Crippen LogP contribution in [-0.2, 0) is 46.2 Å². The average molecular weight is 843 g/mol. The van der Waals surface area contributed by atoms with E-state index in [1.54, 1.807) is 25.3 Å². The third kappa shape index (κ3) is 6.58. The third-order valence-electron chi connectivity index (χ3n) is 10.4. The van der Waals surface area contributed by atoms with Crippen molar-refractivity contribution in [3.8, 4) is 0 Å². The van der Waals surface area contributed by atoms with Crippen LogP contribution < -0.4 is 17.0 Å². The monoisotopic (exact) mass is 842 g/mol. The summed E-state index contributed by atoms with van der Waals surface area (Å²) < 4.78 is 80.6. The number of nitrogens with zero attached hydrogens (tertiary/aromatic N) is 7. The van der Waals surface area contributed by atoms with Gasteiger partial charge in [-0.1, -0.05) is 0 Å². The first-order chi connectivity index (χ1) is 26.7. The Morgan fingerprint density at radius 1 is 1.14 bits per heavy atom. The molecule has 304 valence electrons. The molecule has 11 atom stereocenters. The zero-order chi connectivity index (χ0) is 39.7. The number of hydrogen-bond donors (Lipinski definition) is 4. The molecule has 2 saturated carbocycles. The van der Waals surface area contributed by atoms with Crippen LogP contribution in [0.2, 0.25) is 0 Å². The summed E-state index contributed by atoms with van der Waals surface area (Å²) in [5.41, 5.74) is 9.57. The Kier molecular flexibility index (Phi) is 10.2. The van der Waals surface area contributed by atoms with Crippen molar-refractivity contribution in [2.45, 2.75) is 75.6 Å². The minimum atomic E-state index is -4.42. The molecule has 6 heterocycles. The number of carbonyl (C=O) groups excluding carboxylic acids is 1. The summed E-state index contributed by atoms with van der Waals surface area (Å²) in [6.45, 7) is -0.364. The molecule has 2 bridgehead atoms. The van der Waals surface area contributed by atoms with Crippen molar-refractivity contribution in [3.63, 3.8) is 0 Å². The third-order valence-corrected chi connectivity index (χ3v) is 16.1. The minimum Gasteiger partial charge on any atom is -0.432 e. The van der Waals surface area contributed by atoms with Gasteiger partial charge in [-0.05, 0) is 33.1 Å². The standard InChI is InChI=1S/C30H40N10O13P2S/c1-5-48-54(44)21-20(46-4)15(52-27(21)40-11-36-17-25(40)37-28(32)38-26(17)42)7-49-55(45,56-12-47-29(43)51-13(2)3)53-22-19(41)18(14-6-30(14,22)8-50-54)39-10-35-16-23(31)33-9-34-24(16)39/h9-11,13-15,18-22,27,41H,5-8,12H2,1-4H3,(H2,31,33,34)(H3,32,37,38,42)/t14-,15-,18-,19+,20-,21-,22+,27-,30?,54?,55?/m1/s1. The van der Waals surface area contributed by atoms with Gasteiger partial charge in [0.05, 0.1) is 44.6 Å². The van der Waals surface area contributed by atoms with Crippen molar-refractivity contribution < 1.29 is 56.1 Å². The van der Waals surface area contributed by atoms with Crippen LogP contribution in [0.15, 0.2) is 23.8 Å². The first kappa shape index (κ1) is 39.1. The maximum absolute atomic E-state index is 15.3. The van der Waals surface area contributed by atoms with Gasteiger partial charge in [0.2, 0.25) is 5.95 Å². The van der Waals surface area contributed by atoms with Crippen LogP contribution in [0, 0.1) is 11.3 Å². The van der Waals surface area contributed by atoms with Crippen molar-refractivity contribution in [2.24, 2.45) is 11.3 Å². The molecule has 26 heteroatoms. The lowest BCUT2D eigenvalue weighted by atomic mass is 10.0. The molecule has 4 fully saturated rings. The number of ether oxygens (including phenoxy) is 4. The van der Waals surface area contributed by atoms with Gasteiger partial charge in [0, 0.05) is 23.9 Å². The molecular formula is C30H40N10O13P2S. The lowest BCUT2D eigenvalue weighted by Gasteiger charge is -2.35. The number of nitrogens with one attached hydrogen (secondary N) is 1. The number of aliphatic hydroxyl groups is 1. The number of hydrogen-bond acceptors (Lipinski definition) is 21. The van der Waals surface area contributed by atoms with Crippen molar-refractivity contribution in [3.05, 3.63) is 29.3 Å². The van der Waals surface area contributed by atoms with E-state index in [1.807, 2.05) is 0 Å². The average Bonchev–Trinajstić information content (AvgIpc) is 3.47. The van der Waals surface area contributed by atoms with Crippen LogP contribution in [0.25, 0.3) is 22.3 Å². The summed E-state index contributed by atoms with van der Waals surface area (Å²) in [5, 5.41) is 12.1. The molecule has 8 rings (SSSR count). The highest BCUT2D eigenvalue weighted by Gasteiger charge is 2.74. The number of anilines is 2. The van der Waals surface area contributed by atoms with Crippen LogP contribution in [0.4, 0.5) is 16.6 Å². The van der Waals surface area contributed by atoms with Crippen molar-refractivity contribution in [2.75, 3.05) is 44.3 Å². The first-order valence-corrected chi connectivity index (χ1v) is 22.3. The number of imidazole rings is 2. The van der Waals surface area contributed by atoms with E-state index in [0.717, 1.165) is 0 Å². The molecule has 0 radical (unpaired) electrons. The molecular weight excluding hydrogens is 802 g/mol. The highest BCUT2D eigenvalue weighted by Crippen LogP contribution is 2.75. The Bertz CT molecular complexity index is 2310. The molecule has 6 N–H and O–H groups in total. The summed E-state index contributed by atoms with van der Waals surface area (Å²) in [6.07, 6.45) is -3.24. The fraction of sp³-hybridized carbons (Fsp3) is 0.633. The van der Waals surface area contributed by atoms with E-state index in [-0.39, 0.29) is 36.1 Å². The summed E-state index contributed by atoms with van der Waals surface area (Å²) in [4.78, 5) is 48.6. The predicted octanol–water partition coefficient (Wildman–Crippen LogP) is 2.35. The van der Waals surface area contributed by atoms with Gasteiger partial charge in [-0.3, -0.25) is 28.0 Å². The molecule has 56 heavy (non-hydrogen) atoms. The lowest BCUT2D eigenvalue weighted by Crippen LogP contribution is -2.40. The van der Waals surface area contributed by atoms with Gasteiger partial charge in [0.15, 0.2) is 34.8 Å². The molecule has 2 aliphatic carbocycles. The SMILES string of the molecule is CCOP1(=O)OCC23C[C@@H]2[C@@H](n2cnc4c(N)ncnc42)[C@H](O)[C@@H]3OP(=O)(SCOC(=O)OC(C)C)OC[C@H]2O[C@@H](n3cnc4c(=O)[nH]c(N)nc43)[C@H]1[C@@H]2OC. The van der Waals surface area contributed by atoms with E-state index >= 15 is 4.57 Å². The zero-order valence-corrected chi connectivity index (χ0v) is 33.0. The maximum atomic E-state index is 15.3. The van der Waals surface area contributed by atoms with Gasteiger partial charge in [0.25, 0.3) is 5.56 Å². The molecule has 3 unspecified atom stereocenters. The van der Waals surface area contributed by atoms with Crippen molar-refractivity contribution in [1.82, 2.24) is 39.0 Å². The molecule has 23 nitrogen and oxygen atoms in total. The number of nitrogen functional groups attached to an aromatic ring is 2. The molecule has 1 spiro atoms. The largest absolute Gasteiger partial charge is 0.509 e. The van der Waals surface area contributed by atoms with Crippen LogP contribution >= 0.6 is 25.8 Å². The normalized spacial score (nSPS) is 35.5. The maximum Gasteiger partial charge on any atom is 0.509 e. The number of aromatic amines is 1. The van der Waals surface area contributed by atoms with Crippen LogP contribution in [0.3, 0.4) is 0 Å². The van der Waals surface area contributed by atoms with Gasteiger partial charge in [-0.15, -0.1) is 0 Å². The van der Waals surface area contributed by atoms with E-state index in [4.69, 9.17) is 48.5 Å². The molecule has 4 aromatic heterocycles. The second-order valence-corrected chi connectivity index (χ2v) is 20.1. The molecule has 2 saturated heterocycles. The Morgan fingerprint density at radius 3 is 2.66 bits per heavy atom. The van der Waals surface area contributed by atoms with Crippen LogP contribution in [0.5, 0.6) is 0 Å². The minimum absolute atomic E-state index is 0.0136. The number of rotatable bonds is 9. The zero-order valence-electron chi connectivity index (χ0n) is 30.4. The summed E-state index contributed by atoms with van der Waals surface area (Å²) in [6, 6.07) is -0.763. The fourth-order valence-electron chi connectivity index (χ4n) is 7.96. The van der Waals surface area contributed by atoms with E-state index < -0.39 is 98.4 Å². The van der Waals surface area contributed by atoms with Crippen LogP contribution in [0.1, 0.15) is 39.5 Å². The second kappa shape index (κ2) is 14.6. The van der Waals surface area contributed by atoms with E-state index in [9.17, 15) is 19.3 Å². The summed E-state index contributed by atoms with van der Waals surface area (Å²) >= 11 is 0.550. The van der Waals surface area contributed by atoms with E-state index in [1.165, 1.54) is 30.7 Å². The highest BCUT2D eigenvalue weighted by atomic mass is 32.7. The molecule has 4 aromatic rings. The highest BCUT2D eigenvalue weighted by molar-refractivity contribution is 8.55. The Balaban J connectivity index is 1.21. The van der Waals surface area contributed by atoms with Gasteiger partial charge >= 0.3 is 20.5 Å². The van der Waals surface area contributed by atoms with Gasteiger partial charge in [-0.2, -0.15) is 4.98 Å². The van der Waals surface area contributed by atoms with Crippen LogP contribution in [-0.4, -0.2) is 119 Å². The smallest absolute Gasteiger partial charge is 0.432 e. The molecule has 0 aromatic carbocycles. The molecule has 4 aliphatic rings. The Hall–Kier alpha value is -3.70.